The van der Waals surface area contributed by atoms with Crippen molar-refractivity contribution in [3.8, 4) is 0 Å². The first-order chi connectivity index (χ1) is 9.22. The average Bonchev–Trinajstić information content (AvgIpc) is 2.45. The van der Waals surface area contributed by atoms with E-state index in [1.54, 1.807) is 0 Å². The van der Waals surface area contributed by atoms with Gasteiger partial charge in [0.05, 0.1) is 11.4 Å². The zero-order valence-electron chi connectivity index (χ0n) is 11.2. The standard InChI is InChI=1S/C14H17BrN4/c1-3-12-13(4-2)18-19-14(17-12)16-9-10-6-5-7-11(15)8-10/h5-8H,3-4,9H2,1-2H3,(H,16,17,19). The second kappa shape index (κ2) is 6.61. The zero-order chi connectivity index (χ0) is 13.7. The number of hydrogen-bond acceptors (Lipinski definition) is 4. The molecule has 0 aliphatic rings. The van der Waals surface area contributed by atoms with Crippen LogP contribution in [0.15, 0.2) is 28.7 Å². The predicted octanol–water partition coefficient (Wildman–Crippen LogP) is 3.37. The molecule has 0 saturated heterocycles. The first-order valence-electron chi connectivity index (χ1n) is 6.43. The highest BCUT2D eigenvalue weighted by Gasteiger charge is 2.05. The second-order valence-corrected chi connectivity index (χ2v) is 5.14. The smallest absolute Gasteiger partial charge is 0.243 e. The van der Waals surface area contributed by atoms with Crippen LogP contribution in [0, 0.1) is 0 Å². The van der Waals surface area contributed by atoms with Crippen molar-refractivity contribution in [2.45, 2.75) is 33.2 Å². The fraction of sp³-hybridized carbons (Fsp3) is 0.357. The molecule has 0 fully saturated rings. The Balaban J connectivity index is 2.07. The van der Waals surface area contributed by atoms with Gasteiger partial charge in [-0.25, -0.2) is 4.98 Å². The van der Waals surface area contributed by atoms with E-state index >= 15 is 0 Å². The van der Waals surface area contributed by atoms with Gasteiger partial charge in [-0.1, -0.05) is 41.9 Å². The SMILES string of the molecule is CCc1nnc(NCc2cccc(Br)c2)nc1CC. The van der Waals surface area contributed by atoms with E-state index in [1.165, 1.54) is 5.56 Å². The van der Waals surface area contributed by atoms with Gasteiger partial charge >= 0.3 is 0 Å². The fourth-order valence-corrected chi connectivity index (χ4v) is 2.29. The number of nitrogens with one attached hydrogen (secondary N) is 1. The van der Waals surface area contributed by atoms with E-state index in [2.05, 4.69) is 62.4 Å². The van der Waals surface area contributed by atoms with Crippen LogP contribution in [0.5, 0.6) is 0 Å². The van der Waals surface area contributed by atoms with E-state index < -0.39 is 0 Å². The van der Waals surface area contributed by atoms with Gasteiger partial charge in [0.2, 0.25) is 5.95 Å². The first-order valence-corrected chi connectivity index (χ1v) is 7.23. The molecule has 0 atom stereocenters. The Labute approximate surface area is 121 Å². The molecule has 4 nitrogen and oxygen atoms in total. The molecule has 1 aromatic heterocycles. The van der Waals surface area contributed by atoms with E-state index in [0.717, 1.165) is 28.7 Å². The molecule has 0 amide bonds. The lowest BCUT2D eigenvalue weighted by Gasteiger charge is -2.08. The summed E-state index contributed by atoms with van der Waals surface area (Å²) >= 11 is 3.46. The molecule has 0 radical (unpaired) electrons. The molecular weight excluding hydrogens is 304 g/mol. The second-order valence-electron chi connectivity index (χ2n) is 4.22. The number of rotatable bonds is 5. The van der Waals surface area contributed by atoms with E-state index in [4.69, 9.17) is 0 Å². The molecule has 1 heterocycles. The van der Waals surface area contributed by atoms with Gasteiger partial charge < -0.3 is 5.32 Å². The maximum atomic E-state index is 4.50. The third-order valence-corrected chi connectivity index (χ3v) is 3.34. The third kappa shape index (κ3) is 3.73. The predicted molar refractivity (Wildman–Crippen MR) is 80.1 cm³/mol. The van der Waals surface area contributed by atoms with Crippen molar-refractivity contribution in [2.75, 3.05) is 5.32 Å². The molecule has 1 N–H and O–H groups in total. The largest absolute Gasteiger partial charge is 0.349 e. The quantitative estimate of drug-likeness (QED) is 0.917. The highest BCUT2D eigenvalue weighted by atomic mass is 79.9. The summed E-state index contributed by atoms with van der Waals surface area (Å²) in [5.74, 6) is 0.592. The summed E-state index contributed by atoms with van der Waals surface area (Å²) in [6, 6.07) is 8.15. The molecule has 5 heteroatoms. The topological polar surface area (TPSA) is 50.7 Å². The third-order valence-electron chi connectivity index (χ3n) is 2.85. The normalized spacial score (nSPS) is 10.5. The Morgan fingerprint density at radius 2 is 1.89 bits per heavy atom. The van der Waals surface area contributed by atoms with Crippen molar-refractivity contribution in [1.29, 1.82) is 0 Å². The van der Waals surface area contributed by atoms with Crippen molar-refractivity contribution < 1.29 is 0 Å². The Morgan fingerprint density at radius 3 is 2.58 bits per heavy atom. The van der Waals surface area contributed by atoms with Gasteiger partial charge in [-0.05, 0) is 30.5 Å². The zero-order valence-corrected chi connectivity index (χ0v) is 12.7. The number of benzene rings is 1. The van der Waals surface area contributed by atoms with Crippen LogP contribution in [-0.2, 0) is 19.4 Å². The molecular formula is C14H17BrN4. The molecule has 0 spiro atoms. The molecule has 0 unspecified atom stereocenters. The lowest BCUT2D eigenvalue weighted by atomic mass is 10.2. The van der Waals surface area contributed by atoms with Crippen LogP contribution in [0.2, 0.25) is 0 Å². The number of nitrogens with zero attached hydrogens (tertiary/aromatic N) is 3. The first kappa shape index (κ1) is 13.9. The lowest BCUT2D eigenvalue weighted by molar-refractivity contribution is 0.819. The summed E-state index contributed by atoms with van der Waals surface area (Å²) in [4.78, 5) is 4.50. The van der Waals surface area contributed by atoms with Gasteiger partial charge in [-0.2, -0.15) is 5.10 Å². The van der Waals surface area contributed by atoms with Crippen LogP contribution < -0.4 is 5.32 Å². The summed E-state index contributed by atoms with van der Waals surface area (Å²) in [5, 5.41) is 11.5. The number of aryl methyl sites for hydroxylation is 2. The van der Waals surface area contributed by atoms with Crippen LogP contribution in [0.25, 0.3) is 0 Å². The molecule has 0 aliphatic carbocycles. The highest BCUT2D eigenvalue weighted by Crippen LogP contribution is 2.13. The maximum absolute atomic E-state index is 4.50. The number of hydrogen-bond donors (Lipinski definition) is 1. The Hall–Kier alpha value is -1.49. The molecule has 0 aliphatic heterocycles. The van der Waals surface area contributed by atoms with Crippen molar-refractivity contribution in [2.24, 2.45) is 0 Å². The van der Waals surface area contributed by atoms with E-state index in [9.17, 15) is 0 Å². The molecule has 1 aromatic carbocycles. The molecule has 100 valence electrons. The highest BCUT2D eigenvalue weighted by molar-refractivity contribution is 9.10. The molecule has 2 rings (SSSR count). The van der Waals surface area contributed by atoms with Gasteiger partial charge in [-0.3, -0.25) is 0 Å². The summed E-state index contributed by atoms with van der Waals surface area (Å²) in [7, 11) is 0. The average molecular weight is 321 g/mol. The van der Waals surface area contributed by atoms with Crippen molar-refractivity contribution >= 4 is 21.9 Å². The molecule has 19 heavy (non-hydrogen) atoms. The molecule has 0 bridgehead atoms. The van der Waals surface area contributed by atoms with Crippen molar-refractivity contribution in [3.63, 3.8) is 0 Å². The minimum atomic E-state index is 0.592. The van der Waals surface area contributed by atoms with Gasteiger partial charge in [0, 0.05) is 11.0 Å². The minimum Gasteiger partial charge on any atom is -0.349 e. The van der Waals surface area contributed by atoms with Gasteiger partial charge in [0.15, 0.2) is 0 Å². The van der Waals surface area contributed by atoms with Crippen molar-refractivity contribution in [3.05, 3.63) is 45.7 Å². The van der Waals surface area contributed by atoms with Gasteiger partial charge in [-0.15, -0.1) is 5.10 Å². The summed E-state index contributed by atoms with van der Waals surface area (Å²) in [5.41, 5.74) is 3.18. The van der Waals surface area contributed by atoms with E-state index in [1.807, 2.05) is 12.1 Å². The minimum absolute atomic E-state index is 0.592. The summed E-state index contributed by atoms with van der Waals surface area (Å²) in [6.45, 7) is 4.84. The van der Waals surface area contributed by atoms with Crippen LogP contribution in [0.4, 0.5) is 5.95 Å². The van der Waals surface area contributed by atoms with Crippen LogP contribution in [-0.4, -0.2) is 15.2 Å². The number of aromatic nitrogens is 3. The summed E-state index contributed by atoms with van der Waals surface area (Å²) < 4.78 is 1.07. The van der Waals surface area contributed by atoms with Crippen LogP contribution in [0.3, 0.4) is 0 Å². The van der Waals surface area contributed by atoms with E-state index in [-0.39, 0.29) is 0 Å². The van der Waals surface area contributed by atoms with Gasteiger partial charge in [0.1, 0.15) is 0 Å². The summed E-state index contributed by atoms with van der Waals surface area (Å²) in [6.07, 6.45) is 1.75. The fourth-order valence-electron chi connectivity index (χ4n) is 1.84. The monoisotopic (exact) mass is 320 g/mol. The lowest BCUT2D eigenvalue weighted by Crippen LogP contribution is -2.09. The Kier molecular flexibility index (Phi) is 4.85. The Morgan fingerprint density at radius 1 is 1.11 bits per heavy atom. The van der Waals surface area contributed by atoms with E-state index in [0.29, 0.717) is 12.5 Å². The molecule has 2 aromatic rings. The Bertz CT molecular complexity index is 557. The molecule has 0 saturated carbocycles. The number of halogens is 1. The van der Waals surface area contributed by atoms with Crippen molar-refractivity contribution in [1.82, 2.24) is 15.2 Å². The van der Waals surface area contributed by atoms with Crippen LogP contribution in [0.1, 0.15) is 30.8 Å². The van der Waals surface area contributed by atoms with Gasteiger partial charge in [0.25, 0.3) is 0 Å². The number of anilines is 1. The van der Waals surface area contributed by atoms with Crippen LogP contribution >= 0.6 is 15.9 Å². The maximum Gasteiger partial charge on any atom is 0.243 e.